The van der Waals surface area contributed by atoms with Crippen molar-refractivity contribution in [3.63, 3.8) is 0 Å². The van der Waals surface area contributed by atoms with Crippen LogP contribution in [-0.2, 0) is 4.74 Å². The van der Waals surface area contributed by atoms with Crippen molar-refractivity contribution in [2.24, 2.45) is 0 Å². The van der Waals surface area contributed by atoms with E-state index in [0.29, 0.717) is 11.4 Å². The summed E-state index contributed by atoms with van der Waals surface area (Å²) in [6.07, 6.45) is -0.316. The van der Waals surface area contributed by atoms with Crippen LogP contribution in [0.2, 0.25) is 0 Å². The number of ether oxygens (including phenoxy) is 4. The third-order valence-corrected chi connectivity index (χ3v) is 3.75. The summed E-state index contributed by atoms with van der Waals surface area (Å²) >= 11 is 0. The van der Waals surface area contributed by atoms with Gasteiger partial charge in [-0.2, -0.15) is 0 Å². The van der Waals surface area contributed by atoms with Gasteiger partial charge in [0.1, 0.15) is 12.2 Å². The Hall–Kier alpha value is -3.00. The number of benzene rings is 1. The lowest BCUT2D eigenvalue weighted by Gasteiger charge is -2.22. The highest BCUT2D eigenvalue weighted by atomic mass is 16.5. The number of aliphatic hydroxyl groups excluding tert-OH is 1. The molecule has 1 aromatic carbocycles. The van der Waals surface area contributed by atoms with Crippen molar-refractivity contribution >= 4 is 5.97 Å². The number of hydrogen-bond acceptors (Lipinski definition) is 8. The lowest BCUT2D eigenvalue weighted by atomic mass is 10.1. The zero-order chi connectivity index (χ0) is 19.3. The molecule has 8 heteroatoms. The molecule has 0 bridgehead atoms. The number of rotatable bonds is 7. The van der Waals surface area contributed by atoms with Gasteiger partial charge >= 0.3 is 5.97 Å². The number of aromatic hydroxyl groups is 1. The van der Waals surface area contributed by atoms with Gasteiger partial charge in [0, 0.05) is 17.8 Å². The molecule has 1 heterocycles. The number of aliphatic hydroxyl groups is 1. The van der Waals surface area contributed by atoms with Crippen LogP contribution in [0.3, 0.4) is 0 Å². The van der Waals surface area contributed by atoms with Crippen LogP contribution in [0.4, 0.5) is 0 Å². The average Bonchev–Trinajstić information content (AvgIpc) is 2.68. The van der Waals surface area contributed by atoms with Gasteiger partial charge in [-0.3, -0.25) is 0 Å². The maximum Gasteiger partial charge on any atom is 0.338 e. The fourth-order valence-corrected chi connectivity index (χ4v) is 2.29. The SMILES string of the molecule is COC(=O)c1cc(OC)c(O)c(OC(C)C(O)c2ccc(OC)nc2)c1. The number of esters is 1. The molecule has 2 unspecified atom stereocenters. The van der Waals surface area contributed by atoms with Crippen LogP contribution in [0.5, 0.6) is 23.1 Å². The Morgan fingerprint density at radius 1 is 1.12 bits per heavy atom. The Labute approximate surface area is 150 Å². The highest BCUT2D eigenvalue weighted by Crippen LogP contribution is 2.39. The number of pyridine rings is 1. The van der Waals surface area contributed by atoms with E-state index in [9.17, 15) is 15.0 Å². The summed E-state index contributed by atoms with van der Waals surface area (Å²) in [6, 6.07) is 5.92. The van der Waals surface area contributed by atoms with Crippen molar-refractivity contribution in [2.75, 3.05) is 21.3 Å². The monoisotopic (exact) mass is 363 g/mol. The van der Waals surface area contributed by atoms with Crippen LogP contribution in [-0.4, -0.2) is 48.6 Å². The number of nitrogens with zero attached hydrogens (tertiary/aromatic N) is 1. The maximum atomic E-state index is 11.8. The predicted molar refractivity (Wildman–Crippen MR) is 91.8 cm³/mol. The molecule has 140 valence electrons. The average molecular weight is 363 g/mol. The van der Waals surface area contributed by atoms with Crippen molar-refractivity contribution in [2.45, 2.75) is 19.1 Å². The van der Waals surface area contributed by atoms with Crippen molar-refractivity contribution in [3.8, 4) is 23.1 Å². The quantitative estimate of drug-likeness (QED) is 0.720. The molecule has 0 aliphatic heterocycles. The van der Waals surface area contributed by atoms with Gasteiger partial charge in [0.15, 0.2) is 11.5 Å². The molecule has 26 heavy (non-hydrogen) atoms. The van der Waals surface area contributed by atoms with Crippen LogP contribution < -0.4 is 14.2 Å². The molecule has 1 aromatic heterocycles. The maximum absolute atomic E-state index is 11.8. The van der Waals surface area contributed by atoms with Crippen molar-refractivity contribution < 1.29 is 34.0 Å². The fraction of sp³-hybridized carbons (Fsp3) is 0.333. The molecular formula is C18H21NO7. The van der Waals surface area contributed by atoms with Gasteiger partial charge in [-0.05, 0) is 25.1 Å². The predicted octanol–water partition coefficient (Wildman–Crippen LogP) is 2.09. The molecule has 2 atom stereocenters. The van der Waals surface area contributed by atoms with Crippen LogP contribution in [0.1, 0.15) is 28.9 Å². The van der Waals surface area contributed by atoms with Gasteiger partial charge in [-0.1, -0.05) is 0 Å². The smallest absolute Gasteiger partial charge is 0.338 e. The first-order chi connectivity index (χ1) is 12.4. The minimum Gasteiger partial charge on any atom is -0.502 e. The fourth-order valence-electron chi connectivity index (χ4n) is 2.29. The standard InChI is InChI=1S/C18H21NO7/c1-10(16(20)11-5-6-15(24-3)19-9-11)26-14-8-12(18(22)25-4)7-13(23-2)17(14)21/h5-10,16,20-21H,1-4H3. The Morgan fingerprint density at radius 2 is 1.81 bits per heavy atom. The molecule has 0 spiro atoms. The summed E-state index contributed by atoms with van der Waals surface area (Å²) in [6.45, 7) is 1.62. The molecule has 0 saturated carbocycles. The first-order valence-electron chi connectivity index (χ1n) is 7.75. The van der Waals surface area contributed by atoms with E-state index in [2.05, 4.69) is 9.72 Å². The molecule has 8 nitrogen and oxygen atoms in total. The van der Waals surface area contributed by atoms with Gasteiger partial charge in [0.25, 0.3) is 0 Å². The molecule has 2 aromatic rings. The number of phenolic OH excluding ortho intramolecular Hbond substituents is 1. The van der Waals surface area contributed by atoms with Crippen LogP contribution in [0.15, 0.2) is 30.5 Å². The van der Waals surface area contributed by atoms with Gasteiger partial charge in [0.05, 0.1) is 26.9 Å². The third-order valence-electron chi connectivity index (χ3n) is 3.75. The van der Waals surface area contributed by atoms with E-state index in [1.165, 1.54) is 39.7 Å². The first-order valence-corrected chi connectivity index (χ1v) is 7.75. The molecule has 0 saturated heterocycles. The zero-order valence-electron chi connectivity index (χ0n) is 14.9. The molecule has 0 fully saturated rings. The Morgan fingerprint density at radius 3 is 2.35 bits per heavy atom. The summed E-state index contributed by atoms with van der Waals surface area (Å²) in [7, 11) is 4.08. The summed E-state index contributed by atoms with van der Waals surface area (Å²) in [5.41, 5.74) is 0.652. The summed E-state index contributed by atoms with van der Waals surface area (Å²) in [5.74, 6) is -0.441. The van der Waals surface area contributed by atoms with E-state index in [0.717, 1.165) is 0 Å². The lowest BCUT2D eigenvalue weighted by Crippen LogP contribution is -2.22. The van der Waals surface area contributed by atoms with E-state index < -0.39 is 18.2 Å². The number of carbonyl (C=O) groups excluding carboxylic acids is 1. The molecular weight excluding hydrogens is 342 g/mol. The second kappa shape index (κ2) is 8.39. The van der Waals surface area contributed by atoms with E-state index in [1.807, 2.05) is 0 Å². The Bertz CT molecular complexity index is 761. The molecule has 2 N–H and O–H groups in total. The van der Waals surface area contributed by atoms with Gasteiger partial charge in [0.2, 0.25) is 11.6 Å². The number of aromatic nitrogens is 1. The highest BCUT2D eigenvalue weighted by Gasteiger charge is 2.23. The van der Waals surface area contributed by atoms with E-state index >= 15 is 0 Å². The van der Waals surface area contributed by atoms with E-state index in [-0.39, 0.29) is 22.8 Å². The normalized spacial score (nSPS) is 12.8. The summed E-state index contributed by atoms with van der Waals surface area (Å²) in [4.78, 5) is 15.8. The number of methoxy groups -OCH3 is 3. The highest BCUT2D eigenvalue weighted by molar-refractivity contribution is 5.91. The number of hydrogen-bond donors (Lipinski definition) is 2. The van der Waals surface area contributed by atoms with Crippen LogP contribution in [0.25, 0.3) is 0 Å². The Balaban J connectivity index is 2.26. The second-order valence-electron chi connectivity index (χ2n) is 5.42. The van der Waals surface area contributed by atoms with Crippen LogP contribution in [0, 0.1) is 0 Å². The lowest BCUT2D eigenvalue weighted by molar-refractivity contribution is 0.0444. The van der Waals surface area contributed by atoms with Crippen molar-refractivity contribution in [1.82, 2.24) is 4.98 Å². The van der Waals surface area contributed by atoms with Crippen molar-refractivity contribution in [1.29, 1.82) is 0 Å². The number of phenols is 1. The van der Waals surface area contributed by atoms with Crippen LogP contribution >= 0.6 is 0 Å². The van der Waals surface area contributed by atoms with Gasteiger partial charge < -0.3 is 29.2 Å². The van der Waals surface area contributed by atoms with E-state index in [1.54, 1.807) is 19.1 Å². The summed E-state index contributed by atoms with van der Waals surface area (Å²) < 4.78 is 20.3. The largest absolute Gasteiger partial charge is 0.502 e. The minimum atomic E-state index is -1.03. The topological polar surface area (TPSA) is 107 Å². The third kappa shape index (κ3) is 4.15. The molecule has 0 aliphatic rings. The van der Waals surface area contributed by atoms with Gasteiger partial charge in [-0.15, -0.1) is 0 Å². The first kappa shape index (κ1) is 19.3. The zero-order valence-corrected chi connectivity index (χ0v) is 14.9. The summed E-state index contributed by atoms with van der Waals surface area (Å²) in [5, 5.41) is 20.7. The van der Waals surface area contributed by atoms with Crippen molar-refractivity contribution in [3.05, 3.63) is 41.6 Å². The molecule has 0 aliphatic carbocycles. The molecule has 2 rings (SSSR count). The Kier molecular flexibility index (Phi) is 6.24. The van der Waals surface area contributed by atoms with E-state index in [4.69, 9.17) is 14.2 Å². The second-order valence-corrected chi connectivity index (χ2v) is 5.42. The number of carbonyl (C=O) groups is 1. The molecule has 0 amide bonds. The van der Waals surface area contributed by atoms with Gasteiger partial charge in [-0.25, -0.2) is 9.78 Å². The minimum absolute atomic E-state index is 0.0160. The molecule has 0 radical (unpaired) electrons.